The Morgan fingerprint density at radius 1 is 1.33 bits per heavy atom. The Morgan fingerprint density at radius 2 is 2.00 bits per heavy atom. The second-order valence-electron chi connectivity index (χ2n) is 3.03. The van der Waals surface area contributed by atoms with E-state index in [1.54, 1.807) is 0 Å². The quantitative estimate of drug-likeness (QED) is 0.556. The largest absolute Gasteiger partial charge is 0.391 e. The summed E-state index contributed by atoms with van der Waals surface area (Å²) in [5, 5.41) is 9.32. The molecule has 1 fully saturated rings. The van der Waals surface area contributed by atoms with Gasteiger partial charge in [0, 0.05) is 6.04 Å². The summed E-state index contributed by atoms with van der Waals surface area (Å²) in [4.78, 5) is 2.11. The molecule has 0 aromatic heterocycles. The predicted molar refractivity (Wildman–Crippen MR) is 37.3 cm³/mol. The Bertz CT molecular complexity index is 92.9. The molecular formula is C7H15NO. The van der Waals surface area contributed by atoms with Gasteiger partial charge in [-0.2, -0.15) is 0 Å². The third kappa shape index (κ3) is 1.43. The third-order valence-electron chi connectivity index (χ3n) is 2.11. The summed E-state index contributed by atoms with van der Waals surface area (Å²) in [5.41, 5.74) is 0. The molecule has 0 heterocycles. The van der Waals surface area contributed by atoms with E-state index in [0.717, 1.165) is 12.8 Å². The number of aliphatic hydroxyl groups excluding tert-OH is 1. The van der Waals surface area contributed by atoms with Gasteiger partial charge in [0.05, 0.1) is 6.10 Å². The lowest BCUT2D eigenvalue weighted by molar-refractivity contribution is 0.100. The van der Waals surface area contributed by atoms with Crippen molar-refractivity contribution in [3.05, 3.63) is 0 Å². The minimum absolute atomic E-state index is 0.0694. The number of likely N-dealkylation sites (N-methyl/N-ethyl adjacent to an activating group) is 1. The van der Waals surface area contributed by atoms with E-state index in [4.69, 9.17) is 0 Å². The van der Waals surface area contributed by atoms with Crippen LogP contribution in [0.5, 0.6) is 0 Å². The van der Waals surface area contributed by atoms with Crippen molar-refractivity contribution in [2.45, 2.75) is 31.4 Å². The SMILES string of the molecule is CN(C)[C@H]1CCCC1O. The van der Waals surface area contributed by atoms with E-state index in [2.05, 4.69) is 4.90 Å². The first kappa shape index (κ1) is 7.03. The van der Waals surface area contributed by atoms with Gasteiger partial charge in [-0.25, -0.2) is 0 Å². The zero-order valence-corrected chi connectivity index (χ0v) is 6.17. The summed E-state index contributed by atoms with van der Waals surface area (Å²) in [6.07, 6.45) is 3.26. The van der Waals surface area contributed by atoms with Crippen molar-refractivity contribution < 1.29 is 5.11 Å². The molecule has 2 heteroatoms. The Balaban J connectivity index is 2.40. The molecule has 0 saturated heterocycles. The highest BCUT2D eigenvalue weighted by atomic mass is 16.3. The van der Waals surface area contributed by atoms with Crippen LogP contribution in [0.4, 0.5) is 0 Å². The van der Waals surface area contributed by atoms with Gasteiger partial charge in [0.25, 0.3) is 0 Å². The van der Waals surface area contributed by atoms with Crippen LogP contribution in [0.15, 0.2) is 0 Å². The van der Waals surface area contributed by atoms with Crippen molar-refractivity contribution in [1.29, 1.82) is 0 Å². The van der Waals surface area contributed by atoms with Gasteiger partial charge in [-0.05, 0) is 33.4 Å². The van der Waals surface area contributed by atoms with Crippen LogP contribution in [0.2, 0.25) is 0 Å². The molecule has 0 aromatic carbocycles. The molecule has 0 spiro atoms. The van der Waals surface area contributed by atoms with Crippen LogP contribution in [-0.4, -0.2) is 36.2 Å². The molecule has 2 nitrogen and oxygen atoms in total. The Morgan fingerprint density at radius 3 is 2.22 bits per heavy atom. The van der Waals surface area contributed by atoms with Crippen molar-refractivity contribution in [3.63, 3.8) is 0 Å². The smallest absolute Gasteiger partial charge is 0.0695 e. The van der Waals surface area contributed by atoms with Crippen molar-refractivity contribution in [1.82, 2.24) is 4.90 Å². The Kier molecular flexibility index (Phi) is 2.09. The molecular weight excluding hydrogens is 114 g/mol. The number of nitrogens with zero attached hydrogens (tertiary/aromatic N) is 1. The highest BCUT2D eigenvalue weighted by Crippen LogP contribution is 2.21. The first-order chi connectivity index (χ1) is 4.22. The van der Waals surface area contributed by atoms with Gasteiger partial charge in [0.1, 0.15) is 0 Å². The fraction of sp³-hybridized carbons (Fsp3) is 1.00. The molecule has 1 aliphatic carbocycles. The van der Waals surface area contributed by atoms with Gasteiger partial charge < -0.3 is 10.0 Å². The van der Waals surface area contributed by atoms with Crippen LogP contribution in [0.1, 0.15) is 19.3 Å². The molecule has 0 amide bonds. The Labute approximate surface area is 56.5 Å². The maximum absolute atomic E-state index is 9.32. The topological polar surface area (TPSA) is 23.5 Å². The van der Waals surface area contributed by atoms with Gasteiger partial charge in [-0.1, -0.05) is 0 Å². The average molecular weight is 129 g/mol. The maximum atomic E-state index is 9.32. The van der Waals surface area contributed by atoms with E-state index in [1.807, 2.05) is 14.1 Å². The van der Waals surface area contributed by atoms with E-state index in [9.17, 15) is 5.11 Å². The molecule has 54 valence electrons. The average Bonchev–Trinajstić information content (AvgIpc) is 2.13. The normalized spacial score (nSPS) is 36.0. The van der Waals surface area contributed by atoms with Crippen LogP contribution in [-0.2, 0) is 0 Å². The zero-order chi connectivity index (χ0) is 6.85. The summed E-state index contributed by atoms with van der Waals surface area (Å²) in [6, 6.07) is 0.421. The third-order valence-corrected chi connectivity index (χ3v) is 2.11. The summed E-state index contributed by atoms with van der Waals surface area (Å²) < 4.78 is 0. The van der Waals surface area contributed by atoms with Gasteiger partial charge >= 0.3 is 0 Å². The molecule has 0 aliphatic heterocycles. The fourth-order valence-electron chi connectivity index (χ4n) is 1.52. The lowest BCUT2D eigenvalue weighted by atomic mass is 10.2. The van der Waals surface area contributed by atoms with Gasteiger partial charge in [0.15, 0.2) is 0 Å². The Hall–Kier alpha value is -0.0800. The minimum atomic E-state index is -0.0694. The fourth-order valence-corrected chi connectivity index (χ4v) is 1.52. The van der Waals surface area contributed by atoms with Gasteiger partial charge in [-0.15, -0.1) is 0 Å². The molecule has 1 unspecified atom stereocenters. The lowest BCUT2D eigenvalue weighted by Crippen LogP contribution is -2.34. The molecule has 1 N–H and O–H groups in total. The number of hydrogen-bond donors (Lipinski definition) is 1. The summed E-state index contributed by atoms with van der Waals surface area (Å²) in [6.45, 7) is 0. The summed E-state index contributed by atoms with van der Waals surface area (Å²) in [5.74, 6) is 0. The van der Waals surface area contributed by atoms with Crippen molar-refractivity contribution >= 4 is 0 Å². The van der Waals surface area contributed by atoms with E-state index in [0.29, 0.717) is 6.04 Å². The standard InChI is InChI=1S/C7H15NO/c1-8(2)6-4-3-5-7(6)9/h6-7,9H,3-5H2,1-2H3/t6-,7?/m0/s1. The molecule has 1 aliphatic rings. The summed E-state index contributed by atoms with van der Waals surface area (Å²) in [7, 11) is 4.05. The second-order valence-corrected chi connectivity index (χ2v) is 3.03. The monoisotopic (exact) mass is 129 g/mol. The second kappa shape index (κ2) is 2.67. The van der Waals surface area contributed by atoms with Crippen LogP contribution >= 0.6 is 0 Å². The molecule has 0 bridgehead atoms. The first-order valence-electron chi connectivity index (χ1n) is 3.56. The highest BCUT2D eigenvalue weighted by molar-refractivity contribution is 4.81. The molecule has 2 atom stereocenters. The van der Waals surface area contributed by atoms with Crippen molar-refractivity contribution in [2.75, 3.05) is 14.1 Å². The first-order valence-corrected chi connectivity index (χ1v) is 3.56. The van der Waals surface area contributed by atoms with Crippen molar-refractivity contribution in [3.8, 4) is 0 Å². The van der Waals surface area contributed by atoms with Crippen LogP contribution in [0.25, 0.3) is 0 Å². The molecule has 9 heavy (non-hydrogen) atoms. The van der Waals surface area contributed by atoms with Gasteiger partial charge in [0.2, 0.25) is 0 Å². The number of aliphatic hydroxyl groups is 1. The molecule has 0 radical (unpaired) electrons. The van der Waals surface area contributed by atoms with Crippen LogP contribution in [0.3, 0.4) is 0 Å². The van der Waals surface area contributed by atoms with E-state index in [1.165, 1.54) is 6.42 Å². The van der Waals surface area contributed by atoms with Crippen molar-refractivity contribution in [2.24, 2.45) is 0 Å². The van der Waals surface area contributed by atoms with E-state index >= 15 is 0 Å². The van der Waals surface area contributed by atoms with Crippen LogP contribution < -0.4 is 0 Å². The molecule has 1 rings (SSSR count). The minimum Gasteiger partial charge on any atom is -0.391 e. The van der Waals surface area contributed by atoms with Crippen LogP contribution in [0, 0.1) is 0 Å². The van der Waals surface area contributed by atoms with E-state index in [-0.39, 0.29) is 6.10 Å². The highest BCUT2D eigenvalue weighted by Gasteiger charge is 2.26. The number of hydrogen-bond acceptors (Lipinski definition) is 2. The molecule has 0 aromatic rings. The maximum Gasteiger partial charge on any atom is 0.0695 e. The number of rotatable bonds is 1. The predicted octanol–water partition coefficient (Wildman–Crippen LogP) is 0.461. The van der Waals surface area contributed by atoms with E-state index < -0.39 is 0 Å². The lowest BCUT2D eigenvalue weighted by Gasteiger charge is -2.21. The van der Waals surface area contributed by atoms with Gasteiger partial charge in [-0.3, -0.25) is 0 Å². The zero-order valence-electron chi connectivity index (χ0n) is 6.17. The molecule has 1 saturated carbocycles. The summed E-state index contributed by atoms with van der Waals surface area (Å²) >= 11 is 0.